The molecule has 0 aliphatic carbocycles. The van der Waals surface area contributed by atoms with Gasteiger partial charge in [-0.05, 0) is 6.92 Å². The van der Waals surface area contributed by atoms with E-state index in [2.05, 4.69) is 22.0 Å². The highest BCUT2D eigenvalue weighted by Gasteiger charge is 1.92. The molecule has 0 radical (unpaired) electrons. The lowest BCUT2D eigenvalue weighted by Gasteiger charge is -1.80. The van der Waals surface area contributed by atoms with Crippen LogP contribution in [-0.2, 0) is 0 Å². The standard InChI is InChI=1S/C8H7N3/c1-7-8(6-10-11-7)4-2-3-5-9/h6H,3H2,1H3,(H,10,11). The first-order valence-corrected chi connectivity index (χ1v) is 3.20. The summed E-state index contributed by atoms with van der Waals surface area (Å²) in [5.41, 5.74) is 1.80. The summed E-state index contributed by atoms with van der Waals surface area (Å²) in [5.74, 6) is 5.53. The van der Waals surface area contributed by atoms with E-state index in [4.69, 9.17) is 5.26 Å². The van der Waals surface area contributed by atoms with E-state index in [-0.39, 0.29) is 6.42 Å². The molecule has 0 saturated heterocycles. The van der Waals surface area contributed by atoms with Crippen molar-refractivity contribution >= 4 is 0 Å². The topological polar surface area (TPSA) is 52.5 Å². The Morgan fingerprint density at radius 3 is 3.09 bits per heavy atom. The monoisotopic (exact) mass is 145 g/mol. The highest BCUT2D eigenvalue weighted by molar-refractivity contribution is 5.35. The number of hydrogen-bond acceptors (Lipinski definition) is 2. The molecule has 1 N–H and O–H groups in total. The molecular formula is C8H7N3. The smallest absolute Gasteiger partial charge is 0.0966 e. The zero-order valence-electron chi connectivity index (χ0n) is 6.18. The SMILES string of the molecule is Cc1[nH]ncc1C#CCC#N. The zero-order valence-corrected chi connectivity index (χ0v) is 6.18. The van der Waals surface area contributed by atoms with E-state index in [9.17, 15) is 0 Å². The van der Waals surface area contributed by atoms with Gasteiger partial charge < -0.3 is 0 Å². The molecule has 54 valence electrons. The van der Waals surface area contributed by atoms with Crippen LogP contribution >= 0.6 is 0 Å². The maximum Gasteiger partial charge on any atom is 0.0966 e. The fourth-order valence-electron chi connectivity index (χ4n) is 0.656. The van der Waals surface area contributed by atoms with E-state index >= 15 is 0 Å². The molecular weight excluding hydrogens is 138 g/mol. The van der Waals surface area contributed by atoms with Crippen LogP contribution in [0.2, 0.25) is 0 Å². The van der Waals surface area contributed by atoms with Gasteiger partial charge in [0.2, 0.25) is 0 Å². The number of hydrogen-bond donors (Lipinski definition) is 1. The summed E-state index contributed by atoms with van der Waals surface area (Å²) in [7, 11) is 0. The molecule has 0 unspecified atom stereocenters. The van der Waals surface area contributed by atoms with Crippen LogP contribution in [0.4, 0.5) is 0 Å². The molecule has 0 spiro atoms. The van der Waals surface area contributed by atoms with Crippen LogP contribution in [0.5, 0.6) is 0 Å². The van der Waals surface area contributed by atoms with Crippen molar-refractivity contribution in [1.29, 1.82) is 5.26 Å². The molecule has 1 heterocycles. The Kier molecular flexibility index (Phi) is 2.30. The third-order valence-electron chi connectivity index (χ3n) is 1.22. The minimum atomic E-state index is 0.268. The molecule has 0 bridgehead atoms. The van der Waals surface area contributed by atoms with Gasteiger partial charge >= 0.3 is 0 Å². The number of H-pyrrole nitrogens is 1. The van der Waals surface area contributed by atoms with Crippen LogP contribution < -0.4 is 0 Å². The van der Waals surface area contributed by atoms with Crippen molar-refractivity contribution in [2.24, 2.45) is 0 Å². The predicted molar refractivity (Wildman–Crippen MR) is 40.4 cm³/mol. The number of nitriles is 1. The third kappa shape index (κ3) is 1.84. The Labute approximate surface area is 65.0 Å². The summed E-state index contributed by atoms with van der Waals surface area (Å²) in [5, 5.41) is 14.7. The van der Waals surface area contributed by atoms with Crippen LogP contribution in [0, 0.1) is 30.1 Å². The summed E-state index contributed by atoms with van der Waals surface area (Å²) in [4.78, 5) is 0. The minimum Gasteiger partial charge on any atom is -0.282 e. The maximum atomic E-state index is 8.19. The molecule has 0 aromatic carbocycles. The highest BCUT2D eigenvalue weighted by Crippen LogP contribution is 1.98. The molecule has 0 aliphatic rings. The molecule has 0 atom stereocenters. The summed E-state index contributed by atoms with van der Waals surface area (Å²) >= 11 is 0. The molecule has 3 heteroatoms. The summed E-state index contributed by atoms with van der Waals surface area (Å²) in [6.45, 7) is 1.89. The third-order valence-corrected chi connectivity index (χ3v) is 1.22. The van der Waals surface area contributed by atoms with Gasteiger partial charge in [0.25, 0.3) is 0 Å². The van der Waals surface area contributed by atoms with Crippen LogP contribution in [0.25, 0.3) is 0 Å². The molecule has 1 aromatic rings. The first kappa shape index (κ1) is 7.37. The van der Waals surface area contributed by atoms with Crippen molar-refractivity contribution in [3.63, 3.8) is 0 Å². The number of nitrogens with zero attached hydrogens (tertiary/aromatic N) is 2. The van der Waals surface area contributed by atoms with Gasteiger partial charge in [-0.3, -0.25) is 5.10 Å². The molecule has 1 aromatic heterocycles. The number of aryl methyl sites for hydroxylation is 1. The molecule has 0 saturated carbocycles. The van der Waals surface area contributed by atoms with Crippen molar-refractivity contribution in [2.75, 3.05) is 0 Å². The first-order chi connectivity index (χ1) is 5.34. The van der Waals surface area contributed by atoms with Gasteiger partial charge in [-0.2, -0.15) is 10.4 Å². The van der Waals surface area contributed by atoms with Gasteiger partial charge in [-0.25, -0.2) is 0 Å². The van der Waals surface area contributed by atoms with E-state index in [1.54, 1.807) is 6.20 Å². The Balaban J connectivity index is 2.75. The average Bonchev–Trinajstić information content (AvgIpc) is 2.37. The molecule has 11 heavy (non-hydrogen) atoms. The van der Waals surface area contributed by atoms with Gasteiger partial charge in [-0.1, -0.05) is 11.8 Å². The fourth-order valence-corrected chi connectivity index (χ4v) is 0.656. The quantitative estimate of drug-likeness (QED) is 0.553. The van der Waals surface area contributed by atoms with Crippen molar-refractivity contribution < 1.29 is 0 Å². The van der Waals surface area contributed by atoms with Gasteiger partial charge in [0, 0.05) is 5.69 Å². The molecule has 0 aliphatic heterocycles. The van der Waals surface area contributed by atoms with E-state index in [1.165, 1.54) is 0 Å². The van der Waals surface area contributed by atoms with Gasteiger partial charge in [0.1, 0.15) is 0 Å². The van der Waals surface area contributed by atoms with Crippen molar-refractivity contribution in [2.45, 2.75) is 13.3 Å². The van der Waals surface area contributed by atoms with Crippen molar-refractivity contribution in [3.8, 4) is 17.9 Å². The van der Waals surface area contributed by atoms with E-state index in [0.29, 0.717) is 0 Å². The second kappa shape index (κ2) is 3.43. The van der Waals surface area contributed by atoms with Crippen molar-refractivity contribution in [3.05, 3.63) is 17.5 Å². The lowest BCUT2D eigenvalue weighted by Crippen LogP contribution is -1.74. The first-order valence-electron chi connectivity index (χ1n) is 3.20. The Hall–Kier alpha value is -1.74. The van der Waals surface area contributed by atoms with Crippen molar-refractivity contribution in [1.82, 2.24) is 10.2 Å². The Morgan fingerprint density at radius 1 is 1.73 bits per heavy atom. The zero-order chi connectivity index (χ0) is 8.10. The van der Waals surface area contributed by atoms with E-state index in [1.807, 2.05) is 13.0 Å². The summed E-state index contributed by atoms with van der Waals surface area (Å²) in [6, 6.07) is 1.95. The average molecular weight is 145 g/mol. The fraction of sp³-hybridized carbons (Fsp3) is 0.250. The lowest BCUT2D eigenvalue weighted by molar-refractivity contribution is 1.05. The Morgan fingerprint density at radius 2 is 2.55 bits per heavy atom. The van der Waals surface area contributed by atoms with E-state index < -0.39 is 0 Å². The molecule has 1 rings (SSSR count). The minimum absolute atomic E-state index is 0.268. The molecule has 0 amide bonds. The second-order valence-corrected chi connectivity index (χ2v) is 2.05. The second-order valence-electron chi connectivity index (χ2n) is 2.05. The lowest BCUT2D eigenvalue weighted by atomic mass is 10.2. The summed E-state index contributed by atoms with van der Waals surface area (Å²) < 4.78 is 0. The largest absolute Gasteiger partial charge is 0.282 e. The molecule has 0 fully saturated rings. The maximum absolute atomic E-state index is 8.19. The number of nitrogens with one attached hydrogen (secondary N) is 1. The van der Waals surface area contributed by atoms with E-state index in [0.717, 1.165) is 11.3 Å². The summed E-state index contributed by atoms with van der Waals surface area (Å²) in [6.07, 6.45) is 1.92. The van der Waals surface area contributed by atoms with Gasteiger partial charge in [0.05, 0.1) is 24.3 Å². The van der Waals surface area contributed by atoms with Crippen LogP contribution in [0.15, 0.2) is 6.20 Å². The van der Waals surface area contributed by atoms with Crippen LogP contribution in [0.3, 0.4) is 0 Å². The predicted octanol–water partition coefficient (Wildman–Crippen LogP) is 0.983. The normalized spacial score (nSPS) is 8.00. The number of aromatic amines is 1. The Bertz CT molecular complexity index is 332. The highest BCUT2D eigenvalue weighted by atomic mass is 15.1. The van der Waals surface area contributed by atoms with Gasteiger partial charge in [0.15, 0.2) is 0 Å². The van der Waals surface area contributed by atoms with Crippen LogP contribution in [-0.4, -0.2) is 10.2 Å². The number of aromatic nitrogens is 2. The number of rotatable bonds is 0. The molecule has 3 nitrogen and oxygen atoms in total. The van der Waals surface area contributed by atoms with Gasteiger partial charge in [-0.15, -0.1) is 0 Å². The van der Waals surface area contributed by atoms with Crippen LogP contribution in [0.1, 0.15) is 17.7 Å².